The summed E-state index contributed by atoms with van der Waals surface area (Å²) in [6.45, 7) is 2.18. The average Bonchev–Trinajstić information content (AvgIpc) is 2.93. The van der Waals surface area contributed by atoms with Crippen LogP contribution in [0.25, 0.3) is 0 Å². The molecule has 0 aromatic heterocycles. The average molecular weight is 501 g/mol. The lowest BCUT2D eigenvalue weighted by Crippen LogP contribution is -2.35. The van der Waals surface area contributed by atoms with E-state index in [2.05, 4.69) is 10.3 Å². The van der Waals surface area contributed by atoms with Crippen LogP contribution in [0.1, 0.15) is 21.5 Å². The summed E-state index contributed by atoms with van der Waals surface area (Å²) in [4.78, 5) is 24.4. The predicted molar refractivity (Wildman–Crippen MR) is 142 cm³/mol. The molecule has 9 heteroatoms. The first kappa shape index (κ1) is 24.5. The van der Waals surface area contributed by atoms with Crippen molar-refractivity contribution in [3.8, 4) is 11.5 Å². The fraction of sp³-hybridized carbons (Fsp3) is 0.250. The zero-order valence-electron chi connectivity index (χ0n) is 20.8. The van der Waals surface area contributed by atoms with Crippen molar-refractivity contribution in [1.82, 2.24) is 4.90 Å². The van der Waals surface area contributed by atoms with Crippen molar-refractivity contribution in [1.29, 1.82) is 0 Å². The summed E-state index contributed by atoms with van der Waals surface area (Å²) in [5, 5.41) is 3.03. The van der Waals surface area contributed by atoms with E-state index >= 15 is 0 Å². The van der Waals surface area contributed by atoms with Gasteiger partial charge in [-0.3, -0.25) is 4.79 Å². The Balaban J connectivity index is 1.47. The molecule has 37 heavy (non-hydrogen) atoms. The number of benzene rings is 3. The Kier molecular flexibility index (Phi) is 7.43. The van der Waals surface area contributed by atoms with Gasteiger partial charge in [0, 0.05) is 42.7 Å². The van der Waals surface area contributed by atoms with Gasteiger partial charge in [-0.05, 0) is 30.3 Å². The van der Waals surface area contributed by atoms with Crippen molar-refractivity contribution in [3.63, 3.8) is 0 Å². The molecule has 0 atom stereocenters. The smallest absolute Gasteiger partial charge is 0.255 e. The summed E-state index contributed by atoms with van der Waals surface area (Å²) in [6, 6.07) is 18.6. The lowest BCUT2D eigenvalue weighted by Gasteiger charge is -2.31. The van der Waals surface area contributed by atoms with Gasteiger partial charge in [0.15, 0.2) is 11.5 Å². The van der Waals surface area contributed by atoms with Gasteiger partial charge in [0.05, 0.1) is 37.5 Å². The molecular weight excluding hydrogens is 472 g/mol. The molecule has 2 aliphatic heterocycles. The number of amides is 1. The molecule has 3 aromatic rings. The standard InChI is InChI=1S/C28H28N4O5/c1-34-11-13-36-25-15-20-24(16-26(25)37-14-12-35-2)29-18-32-17-21-22(30-27(20)32)9-6-10-23(21)31-28(33)19-7-4-3-5-8-19/h3-10,15-16,18H,11-14,17H2,1-2H3,(H,31,33). The molecular formula is C28H28N4O5. The van der Waals surface area contributed by atoms with Gasteiger partial charge in [-0.1, -0.05) is 24.3 Å². The van der Waals surface area contributed by atoms with Crippen molar-refractivity contribution < 1.29 is 23.7 Å². The quantitative estimate of drug-likeness (QED) is 0.411. The molecule has 0 spiro atoms. The van der Waals surface area contributed by atoms with E-state index in [9.17, 15) is 4.79 Å². The molecule has 0 saturated carbocycles. The van der Waals surface area contributed by atoms with Gasteiger partial charge < -0.3 is 29.2 Å². The number of amidine groups is 1. The highest BCUT2D eigenvalue weighted by molar-refractivity contribution is 6.13. The van der Waals surface area contributed by atoms with Gasteiger partial charge in [0.1, 0.15) is 19.0 Å². The van der Waals surface area contributed by atoms with E-state index < -0.39 is 0 Å². The SMILES string of the molecule is COCCOc1cc2c(cc1OCCOC)C1=Nc3cccc(NC(=O)c4ccccc4)c3CN1C=N2. The van der Waals surface area contributed by atoms with Crippen LogP contribution in [0.15, 0.2) is 70.6 Å². The number of carbonyl (C=O) groups is 1. The summed E-state index contributed by atoms with van der Waals surface area (Å²) in [6.07, 6.45) is 1.75. The number of hydrogen-bond donors (Lipinski definition) is 1. The fourth-order valence-corrected chi connectivity index (χ4v) is 4.14. The fourth-order valence-electron chi connectivity index (χ4n) is 4.14. The molecule has 2 heterocycles. The molecule has 0 saturated heterocycles. The summed E-state index contributed by atoms with van der Waals surface area (Å²) in [5.41, 5.74) is 4.59. The number of aliphatic imine (C=N–C) groups is 2. The Morgan fingerprint density at radius 2 is 1.62 bits per heavy atom. The topological polar surface area (TPSA) is 94.0 Å². The first-order valence-corrected chi connectivity index (χ1v) is 12.0. The molecule has 0 aliphatic carbocycles. The zero-order chi connectivity index (χ0) is 25.6. The number of fused-ring (bicyclic) bond motifs is 4. The van der Waals surface area contributed by atoms with Crippen LogP contribution < -0.4 is 14.8 Å². The van der Waals surface area contributed by atoms with Crippen LogP contribution in [0.3, 0.4) is 0 Å². The van der Waals surface area contributed by atoms with Crippen LogP contribution in [0.4, 0.5) is 17.1 Å². The van der Waals surface area contributed by atoms with Crippen molar-refractivity contribution in [2.45, 2.75) is 6.54 Å². The number of carbonyl (C=O) groups excluding carboxylic acids is 1. The monoisotopic (exact) mass is 500 g/mol. The molecule has 9 nitrogen and oxygen atoms in total. The number of rotatable bonds is 10. The zero-order valence-corrected chi connectivity index (χ0v) is 20.8. The molecule has 1 N–H and O–H groups in total. The van der Waals surface area contributed by atoms with Crippen LogP contribution >= 0.6 is 0 Å². The molecule has 1 amide bonds. The van der Waals surface area contributed by atoms with Gasteiger partial charge in [-0.2, -0.15) is 0 Å². The molecule has 0 fully saturated rings. The molecule has 5 rings (SSSR count). The van der Waals surface area contributed by atoms with Crippen LogP contribution in [0, 0.1) is 0 Å². The maximum atomic E-state index is 12.8. The second kappa shape index (κ2) is 11.2. The van der Waals surface area contributed by atoms with Gasteiger partial charge >= 0.3 is 0 Å². The largest absolute Gasteiger partial charge is 0.487 e. The molecule has 3 aromatic carbocycles. The lowest BCUT2D eigenvalue weighted by atomic mass is 10.0. The number of hydrogen-bond acceptors (Lipinski definition) is 8. The Morgan fingerprint density at radius 3 is 2.35 bits per heavy atom. The minimum atomic E-state index is -0.166. The summed E-state index contributed by atoms with van der Waals surface area (Å²) in [5.74, 6) is 1.76. The van der Waals surface area contributed by atoms with E-state index in [1.54, 1.807) is 32.7 Å². The van der Waals surface area contributed by atoms with E-state index in [-0.39, 0.29) is 5.91 Å². The van der Waals surface area contributed by atoms with Gasteiger partial charge in [-0.25, -0.2) is 9.98 Å². The second-order valence-electron chi connectivity index (χ2n) is 8.43. The van der Waals surface area contributed by atoms with Crippen molar-refractivity contribution in [2.24, 2.45) is 9.98 Å². The van der Waals surface area contributed by atoms with Gasteiger partial charge in [-0.15, -0.1) is 0 Å². The third-order valence-electron chi connectivity index (χ3n) is 5.99. The molecule has 0 bridgehead atoms. The molecule has 0 radical (unpaired) electrons. The van der Waals surface area contributed by atoms with E-state index in [4.69, 9.17) is 23.9 Å². The molecule has 190 valence electrons. The highest BCUT2D eigenvalue weighted by Crippen LogP contribution is 2.41. The third-order valence-corrected chi connectivity index (χ3v) is 5.99. The maximum absolute atomic E-state index is 12.8. The number of nitrogens with one attached hydrogen (secondary N) is 1. The van der Waals surface area contributed by atoms with Crippen molar-refractivity contribution in [3.05, 3.63) is 77.4 Å². The minimum absolute atomic E-state index is 0.166. The highest BCUT2D eigenvalue weighted by Gasteiger charge is 2.28. The third kappa shape index (κ3) is 5.32. The van der Waals surface area contributed by atoms with Crippen LogP contribution in [0.5, 0.6) is 11.5 Å². The Labute approximate surface area is 215 Å². The second-order valence-corrected chi connectivity index (χ2v) is 8.43. The Hall–Kier alpha value is -4.21. The highest BCUT2D eigenvalue weighted by atomic mass is 16.5. The van der Waals surface area contributed by atoms with E-state index in [1.165, 1.54) is 0 Å². The number of nitrogens with zero attached hydrogens (tertiary/aromatic N) is 3. The van der Waals surface area contributed by atoms with Crippen LogP contribution in [-0.2, 0) is 16.0 Å². The predicted octanol–water partition coefficient (Wildman–Crippen LogP) is 4.56. The first-order valence-electron chi connectivity index (χ1n) is 12.0. The van der Waals surface area contributed by atoms with E-state index in [0.29, 0.717) is 50.0 Å². The summed E-state index contributed by atoms with van der Waals surface area (Å²) >= 11 is 0. The van der Waals surface area contributed by atoms with Crippen LogP contribution in [-0.4, -0.2) is 63.6 Å². The number of ether oxygens (including phenoxy) is 4. The normalized spacial score (nSPS) is 13.2. The molecule has 0 unspecified atom stereocenters. The summed E-state index contributed by atoms with van der Waals surface area (Å²) in [7, 11) is 3.26. The van der Waals surface area contributed by atoms with Crippen molar-refractivity contribution >= 4 is 35.1 Å². The maximum Gasteiger partial charge on any atom is 0.255 e. The minimum Gasteiger partial charge on any atom is -0.487 e. The lowest BCUT2D eigenvalue weighted by molar-refractivity contribution is 0.102. The number of methoxy groups -OCH3 is 2. The Morgan fingerprint density at radius 1 is 0.892 bits per heavy atom. The number of anilines is 1. The van der Waals surface area contributed by atoms with Crippen molar-refractivity contribution in [2.75, 3.05) is 46.0 Å². The van der Waals surface area contributed by atoms with E-state index in [0.717, 1.165) is 34.0 Å². The van der Waals surface area contributed by atoms with E-state index in [1.807, 2.05) is 53.4 Å². The first-order chi connectivity index (χ1) is 18.2. The Bertz CT molecular complexity index is 1340. The van der Waals surface area contributed by atoms with Gasteiger partial charge in [0.2, 0.25) is 0 Å². The van der Waals surface area contributed by atoms with Gasteiger partial charge in [0.25, 0.3) is 5.91 Å². The van der Waals surface area contributed by atoms with Crippen LogP contribution in [0.2, 0.25) is 0 Å². The summed E-state index contributed by atoms with van der Waals surface area (Å²) < 4.78 is 22.1. The molecule has 2 aliphatic rings.